The van der Waals surface area contributed by atoms with Gasteiger partial charge in [-0.3, -0.25) is 0 Å². The Hall–Kier alpha value is -12.1. The van der Waals surface area contributed by atoms with Crippen LogP contribution in [0.25, 0.3) is 186 Å². The Kier molecular flexibility index (Phi) is 20.9. The largest absolute Gasteiger partial charge is 0.494 e. The van der Waals surface area contributed by atoms with E-state index in [0.717, 1.165) is 14.4 Å². The third-order valence-electron chi connectivity index (χ3n) is 23.7. The van der Waals surface area contributed by atoms with Crippen LogP contribution in [0, 0.1) is 3.57 Å². The van der Waals surface area contributed by atoms with E-state index in [9.17, 15) is 0 Å². The number of fused-ring (bicyclic) bond motifs is 10. The van der Waals surface area contributed by atoms with E-state index in [2.05, 4.69) is 476 Å². The molecule has 118 heavy (non-hydrogen) atoms. The van der Waals surface area contributed by atoms with Crippen molar-refractivity contribution in [3.8, 4) is 77.9 Å². The number of hydrogen-bond acceptors (Lipinski definition) is 2. The number of halogens is 3. The molecule has 1 saturated heterocycles. The summed E-state index contributed by atoms with van der Waals surface area (Å²) in [4.78, 5) is 0. The van der Waals surface area contributed by atoms with E-state index in [0.29, 0.717) is 0 Å². The van der Waals surface area contributed by atoms with Gasteiger partial charge in [-0.1, -0.05) is 366 Å². The number of benzene rings is 21. The average molecular weight is 1760 g/mol. The summed E-state index contributed by atoms with van der Waals surface area (Å²) >= 11 is 9.14. The van der Waals surface area contributed by atoms with E-state index in [1.807, 2.05) is 18.2 Å². The maximum atomic E-state index is 6.53. The van der Waals surface area contributed by atoms with Gasteiger partial charge in [0.2, 0.25) is 0 Å². The Bertz CT molecular complexity index is 7440. The molecule has 21 aromatic rings. The van der Waals surface area contributed by atoms with Gasteiger partial charge in [-0.15, -0.1) is 0 Å². The summed E-state index contributed by atoms with van der Waals surface area (Å²) in [5, 5.41) is 25.0. The van der Waals surface area contributed by atoms with Crippen LogP contribution >= 0.6 is 54.5 Å². The zero-order valence-electron chi connectivity index (χ0n) is 65.8. The van der Waals surface area contributed by atoms with Gasteiger partial charge in [-0.2, -0.15) is 0 Å². The van der Waals surface area contributed by atoms with Crippen LogP contribution in [0.5, 0.6) is 0 Å². The van der Waals surface area contributed by atoms with Crippen molar-refractivity contribution in [2.75, 3.05) is 0 Å². The van der Waals surface area contributed by atoms with Crippen LogP contribution in [0.4, 0.5) is 0 Å². The molecule has 0 amide bonds. The van der Waals surface area contributed by atoms with Gasteiger partial charge in [0.1, 0.15) is 0 Å². The first-order valence-corrected chi connectivity index (χ1v) is 42.9. The van der Waals surface area contributed by atoms with Gasteiger partial charge >= 0.3 is 7.12 Å². The molecule has 21 aromatic carbocycles. The Morgan fingerprint density at radius 3 is 0.805 bits per heavy atom. The monoisotopic (exact) mass is 1750 g/mol. The highest BCUT2D eigenvalue weighted by Crippen LogP contribution is 2.49. The predicted molar refractivity (Wildman–Crippen MR) is 523 cm³/mol. The maximum absolute atomic E-state index is 6.53. The Balaban J connectivity index is 0.000000122. The molecular formula is C112H80BBr2IO2. The standard InChI is InChI=1S/C50H32.C40H33BO2.C16H11Br.C6H4BrI/c1-4-13-36-28-41(23-20-33(36)10-1)39-16-9-17-40(29-39)42-26-27-47-48(32-42)50(44-25-22-35-12-3-6-15-38(35)31-44)46-19-8-7-18-45(46)49(47)43-24-21-34-11-2-5-14-37(34)30-43;1-39(2)40(3,4)43-41(42-39)32-21-22-35-36(25-32)38(31-20-18-27-12-6-8-14-29(27)24-31)34-16-10-9-15-33(34)37(35)30-19-17-26-11-5-7-13-28(26)23-30;17-16-7-3-6-14(11-16)15-9-8-12-4-1-2-5-13(12)10-15;7-5-2-1-3-6(8)4-5/h1-32H;5-25H,1-4H3;1-11H;1-4H. The predicted octanol–water partition coefficient (Wildman–Crippen LogP) is 32.4. The fourth-order valence-corrected chi connectivity index (χ4v) is 18.8. The minimum absolute atomic E-state index is 0.409. The summed E-state index contributed by atoms with van der Waals surface area (Å²) in [7, 11) is -0.436. The number of hydrogen-bond donors (Lipinski definition) is 0. The van der Waals surface area contributed by atoms with Crippen molar-refractivity contribution in [3.63, 3.8) is 0 Å². The minimum Gasteiger partial charge on any atom is -0.399 e. The van der Waals surface area contributed by atoms with Crippen molar-refractivity contribution in [2.45, 2.75) is 38.9 Å². The van der Waals surface area contributed by atoms with Gasteiger partial charge in [0.05, 0.1) is 11.2 Å². The molecule has 22 rings (SSSR count). The average Bonchev–Trinajstić information content (AvgIpc) is 0.964. The van der Waals surface area contributed by atoms with Crippen molar-refractivity contribution < 1.29 is 9.31 Å². The quantitative estimate of drug-likeness (QED) is 0.0858. The van der Waals surface area contributed by atoms with Crippen molar-refractivity contribution in [1.82, 2.24) is 0 Å². The Morgan fingerprint density at radius 1 is 0.203 bits per heavy atom. The van der Waals surface area contributed by atoms with Gasteiger partial charge in [0, 0.05) is 12.5 Å². The van der Waals surface area contributed by atoms with Crippen LogP contribution in [0.3, 0.4) is 0 Å². The molecule has 0 unspecified atom stereocenters. The first kappa shape index (κ1) is 75.9. The molecule has 0 saturated carbocycles. The Morgan fingerprint density at radius 2 is 0.458 bits per heavy atom. The van der Waals surface area contributed by atoms with Crippen LogP contribution in [0.2, 0.25) is 0 Å². The highest BCUT2D eigenvalue weighted by Gasteiger charge is 2.52. The highest BCUT2D eigenvalue weighted by molar-refractivity contribution is 14.1. The van der Waals surface area contributed by atoms with Crippen molar-refractivity contribution >= 4 is 175 Å². The van der Waals surface area contributed by atoms with Gasteiger partial charge in [-0.25, -0.2) is 0 Å². The molecule has 0 bridgehead atoms. The van der Waals surface area contributed by atoms with Crippen LogP contribution in [0.15, 0.2) is 421 Å². The zero-order chi connectivity index (χ0) is 80.0. The second-order valence-electron chi connectivity index (χ2n) is 31.6. The second kappa shape index (κ2) is 32.4. The molecular weight excluding hydrogens is 1670 g/mol. The molecule has 6 heteroatoms. The summed E-state index contributed by atoms with van der Waals surface area (Å²) in [5.74, 6) is 0. The molecule has 2 nitrogen and oxygen atoms in total. The maximum Gasteiger partial charge on any atom is 0.494 e. The van der Waals surface area contributed by atoms with Crippen LogP contribution in [-0.2, 0) is 9.31 Å². The molecule has 0 aromatic heterocycles. The van der Waals surface area contributed by atoms with Gasteiger partial charge in [0.15, 0.2) is 0 Å². The minimum atomic E-state index is -0.436. The van der Waals surface area contributed by atoms with E-state index in [1.54, 1.807) is 0 Å². The van der Waals surface area contributed by atoms with Gasteiger partial charge in [-0.05, 0) is 320 Å². The lowest BCUT2D eigenvalue weighted by atomic mass is 9.76. The third-order valence-corrected chi connectivity index (χ3v) is 25.4. The SMILES string of the molecule is Brc1cccc(-c2ccc3ccccc3c2)c1.Brc1cccc(I)c1.CC1(C)OB(c2ccc3c(-c4ccc5ccccc5c4)c4ccccc4c(-c4ccc5ccccc5c4)c3c2)OC1(C)C.c1cc(-c2ccc3ccccc3c2)cc(-c2ccc3c(-c4ccc5ccccc5c4)c4ccccc4c(-c4ccc5ccccc5c4)c3c2)c1. The lowest BCUT2D eigenvalue weighted by molar-refractivity contribution is 0.00578. The second-order valence-corrected chi connectivity index (χ2v) is 34.7. The molecule has 1 aliphatic rings. The summed E-state index contributed by atoms with van der Waals surface area (Å²) in [6.45, 7) is 8.44. The van der Waals surface area contributed by atoms with E-state index in [4.69, 9.17) is 9.31 Å². The fraction of sp³-hybridized carbons (Fsp3) is 0.0536. The van der Waals surface area contributed by atoms with Crippen LogP contribution < -0.4 is 5.46 Å². The Labute approximate surface area is 719 Å². The van der Waals surface area contributed by atoms with E-state index in [1.165, 1.54) is 189 Å². The van der Waals surface area contributed by atoms with E-state index < -0.39 is 18.3 Å². The molecule has 0 radical (unpaired) electrons. The van der Waals surface area contributed by atoms with Gasteiger partial charge < -0.3 is 9.31 Å². The van der Waals surface area contributed by atoms with Crippen molar-refractivity contribution in [2.24, 2.45) is 0 Å². The van der Waals surface area contributed by atoms with Crippen LogP contribution in [-0.4, -0.2) is 18.3 Å². The van der Waals surface area contributed by atoms with Crippen LogP contribution in [0.1, 0.15) is 27.7 Å². The molecule has 0 spiro atoms. The van der Waals surface area contributed by atoms with E-state index >= 15 is 0 Å². The first-order valence-electron chi connectivity index (χ1n) is 40.2. The number of rotatable bonds is 8. The van der Waals surface area contributed by atoms with E-state index in [-0.39, 0.29) is 0 Å². The molecule has 1 heterocycles. The summed E-state index contributed by atoms with van der Waals surface area (Å²) in [6, 6.07) is 150. The molecule has 0 N–H and O–H groups in total. The highest BCUT2D eigenvalue weighted by atomic mass is 127. The lowest BCUT2D eigenvalue weighted by Crippen LogP contribution is -2.41. The summed E-state index contributed by atoms with van der Waals surface area (Å²) in [5.41, 5.74) is 17.5. The first-order chi connectivity index (χ1) is 57.7. The topological polar surface area (TPSA) is 18.5 Å². The smallest absolute Gasteiger partial charge is 0.399 e. The van der Waals surface area contributed by atoms with Crippen molar-refractivity contribution in [1.29, 1.82) is 0 Å². The molecule has 1 aliphatic heterocycles. The summed E-state index contributed by atoms with van der Waals surface area (Å²) in [6.07, 6.45) is 0. The normalized spacial score (nSPS) is 12.9. The lowest BCUT2D eigenvalue weighted by Gasteiger charge is -2.32. The third kappa shape index (κ3) is 15.2. The van der Waals surface area contributed by atoms with Gasteiger partial charge in [0.25, 0.3) is 0 Å². The van der Waals surface area contributed by atoms with Crippen molar-refractivity contribution in [3.05, 3.63) is 425 Å². The summed E-state index contributed by atoms with van der Waals surface area (Å²) < 4.78 is 16.6. The molecule has 1 fully saturated rings. The molecule has 0 aliphatic carbocycles. The molecule has 564 valence electrons. The zero-order valence-corrected chi connectivity index (χ0v) is 71.1. The fourth-order valence-electron chi connectivity index (χ4n) is 17.0. The molecule has 0 atom stereocenters.